The van der Waals surface area contributed by atoms with Crippen LogP contribution in [0.3, 0.4) is 0 Å². The molecule has 3 amide bonds. The van der Waals surface area contributed by atoms with Crippen LogP contribution in [-0.4, -0.2) is 57.6 Å². The Kier molecular flexibility index (Phi) is 6.38. The number of piperidine rings is 1. The van der Waals surface area contributed by atoms with Gasteiger partial charge in [0.1, 0.15) is 0 Å². The normalized spacial score (nSPS) is 18.4. The van der Waals surface area contributed by atoms with Crippen molar-refractivity contribution in [3.8, 4) is 0 Å². The van der Waals surface area contributed by atoms with Gasteiger partial charge in [0.05, 0.1) is 6.26 Å². The van der Waals surface area contributed by atoms with Crippen LogP contribution in [0.15, 0.2) is 24.3 Å². The summed E-state index contributed by atoms with van der Waals surface area (Å²) in [4.78, 5) is 23.6. The topological polar surface area (TPSA) is 108 Å². The summed E-state index contributed by atoms with van der Waals surface area (Å²) < 4.78 is 24.7. The number of nitrogens with zero attached hydrogens (tertiary/aromatic N) is 1. The maximum atomic E-state index is 12.0. The quantitative estimate of drug-likeness (QED) is 0.716. The first-order chi connectivity index (χ1) is 11.8. The van der Waals surface area contributed by atoms with Crippen molar-refractivity contribution in [2.45, 2.75) is 12.8 Å². The van der Waals surface area contributed by atoms with Crippen LogP contribution in [0, 0.1) is 5.92 Å². The molecule has 0 bridgehead atoms. The van der Waals surface area contributed by atoms with E-state index in [9.17, 15) is 18.0 Å². The monoisotopic (exact) mass is 368 g/mol. The smallest absolute Gasteiger partial charge is 0.319 e. The van der Waals surface area contributed by atoms with Crippen molar-refractivity contribution in [1.29, 1.82) is 0 Å². The lowest BCUT2D eigenvalue weighted by molar-refractivity contribution is 0.0963. The van der Waals surface area contributed by atoms with Gasteiger partial charge in [0, 0.05) is 37.9 Å². The zero-order chi connectivity index (χ0) is 18.4. The van der Waals surface area contributed by atoms with Crippen molar-refractivity contribution in [1.82, 2.24) is 14.9 Å². The number of nitrogens with one attached hydrogen (secondary N) is 3. The molecule has 1 aliphatic rings. The van der Waals surface area contributed by atoms with Crippen LogP contribution in [0.4, 0.5) is 10.5 Å². The van der Waals surface area contributed by atoms with Gasteiger partial charge in [0.25, 0.3) is 5.91 Å². The lowest BCUT2D eigenvalue weighted by Crippen LogP contribution is -2.43. The zero-order valence-electron chi connectivity index (χ0n) is 14.4. The number of anilines is 1. The third kappa shape index (κ3) is 5.71. The minimum atomic E-state index is -3.19. The molecule has 0 aliphatic carbocycles. The molecule has 138 valence electrons. The summed E-state index contributed by atoms with van der Waals surface area (Å²) in [5.41, 5.74) is 0.969. The first-order valence-electron chi connectivity index (χ1n) is 8.11. The van der Waals surface area contributed by atoms with Crippen molar-refractivity contribution in [3.05, 3.63) is 29.8 Å². The number of carbonyl (C=O) groups excluding carboxylic acids is 2. The fourth-order valence-corrected chi connectivity index (χ4v) is 3.73. The van der Waals surface area contributed by atoms with E-state index in [4.69, 9.17) is 0 Å². The fraction of sp³-hybridized carbons (Fsp3) is 0.500. The van der Waals surface area contributed by atoms with Crippen LogP contribution in [0.2, 0.25) is 0 Å². The van der Waals surface area contributed by atoms with Crippen LogP contribution < -0.4 is 16.0 Å². The molecule has 1 saturated heterocycles. The average Bonchev–Trinajstić information content (AvgIpc) is 2.59. The van der Waals surface area contributed by atoms with Crippen LogP contribution in [0.25, 0.3) is 0 Å². The van der Waals surface area contributed by atoms with Gasteiger partial charge >= 0.3 is 6.03 Å². The highest BCUT2D eigenvalue weighted by molar-refractivity contribution is 7.88. The molecule has 0 spiro atoms. The molecule has 2 rings (SSSR count). The molecule has 1 aromatic carbocycles. The molecular weight excluding hydrogens is 344 g/mol. The first-order valence-corrected chi connectivity index (χ1v) is 9.96. The van der Waals surface area contributed by atoms with Crippen LogP contribution in [0.5, 0.6) is 0 Å². The third-order valence-corrected chi connectivity index (χ3v) is 5.38. The number of urea groups is 1. The maximum absolute atomic E-state index is 12.0. The van der Waals surface area contributed by atoms with E-state index in [1.165, 1.54) is 10.6 Å². The van der Waals surface area contributed by atoms with Crippen molar-refractivity contribution in [3.63, 3.8) is 0 Å². The molecule has 1 aliphatic heterocycles. The van der Waals surface area contributed by atoms with Gasteiger partial charge in [-0.05, 0) is 37.0 Å². The Bertz CT molecular complexity index is 735. The highest BCUT2D eigenvalue weighted by Crippen LogP contribution is 2.18. The lowest BCUT2D eigenvalue weighted by Gasteiger charge is -2.30. The summed E-state index contributed by atoms with van der Waals surface area (Å²) in [7, 11) is -1.65. The van der Waals surface area contributed by atoms with Crippen LogP contribution in [-0.2, 0) is 10.0 Å². The Balaban J connectivity index is 1.86. The van der Waals surface area contributed by atoms with E-state index in [-0.39, 0.29) is 17.9 Å². The predicted octanol–water partition coefficient (Wildman–Crippen LogP) is 0.839. The Morgan fingerprint density at radius 2 is 2.08 bits per heavy atom. The number of hydrogen-bond donors (Lipinski definition) is 3. The molecule has 0 aromatic heterocycles. The average molecular weight is 368 g/mol. The SMILES string of the molecule is CNC(=O)c1cccc(NC(=O)NCC2CCCN(S(C)(=O)=O)C2)c1. The van der Waals surface area contributed by atoms with Gasteiger partial charge in [-0.25, -0.2) is 17.5 Å². The van der Waals surface area contributed by atoms with Crippen molar-refractivity contribution in [2.24, 2.45) is 5.92 Å². The molecule has 1 aromatic rings. The number of carbonyl (C=O) groups is 2. The zero-order valence-corrected chi connectivity index (χ0v) is 15.2. The highest BCUT2D eigenvalue weighted by atomic mass is 32.2. The molecule has 1 unspecified atom stereocenters. The van der Waals surface area contributed by atoms with Crippen LogP contribution in [0.1, 0.15) is 23.2 Å². The number of amides is 3. The minimum absolute atomic E-state index is 0.0893. The number of hydrogen-bond acceptors (Lipinski definition) is 4. The predicted molar refractivity (Wildman–Crippen MR) is 96.0 cm³/mol. The standard InChI is InChI=1S/C16H24N4O4S/c1-17-15(21)13-6-3-7-14(9-13)19-16(22)18-10-12-5-4-8-20(11-12)25(2,23)24/h3,6-7,9,12H,4-5,8,10-11H2,1-2H3,(H,17,21)(H2,18,19,22). The number of sulfonamides is 1. The molecule has 1 fully saturated rings. The van der Waals surface area contributed by atoms with Gasteiger partial charge in [-0.15, -0.1) is 0 Å². The van der Waals surface area contributed by atoms with Gasteiger partial charge in [0.2, 0.25) is 10.0 Å². The molecular formula is C16H24N4O4S. The maximum Gasteiger partial charge on any atom is 0.319 e. The van der Waals surface area contributed by atoms with Crippen molar-refractivity contribution >= 4 is 27.6 Å². The van der Waals surface area contributed by atoms with Gasteiger partial charge < -0.3 is 16.0 Å². The minimum Gasteiger partial charge on any atom is -0.355 e. The largest absolute Gasteiger partial charge is 0.355 e. The molecule has 0 saturated carbocycles. The fourth-order valence-electron chi connectivity index (χ4n) is 2.79. The van der Waals surface area contributed by atoms with E-state index in [0.29, 0.717) is 30.9 Å². The number of rotatable bonds is 5. The molecule has 3 N–H and O–H groups in total. The first kappa shape index (κ1) is 19.2. The van der Waals surface area contributed by atoms with E-state index in [1.54, 1.807) is 31.3 Å². The van der Waals surface area contributed by atoms with E-state index in [1.807, 2.05) is 0 Å². The second-order valence-corrected chi connectivity index (χ2v) is 8.11. The molecule has 1 atom stereocenters. The van der Waals surface area contributed by atoms with Crippen molar-refractivity contribution < 1.29 is 18.0 Å². The van der Waals surface area contributed by atoms with E-state index >= 15 is 0 Å². The molecule has 1 heterocycles. The van der Waals surface area contributed by atoms with Crippen molar-refractivity contribution in [2.75, 3.05) is 38.3 Å². The summed E-state index contributed by atoms with van der Waals surface area (Å²) in [5, 5.41) is 7.97. The van der Waals surface area contributed by atoms with Gasteiger partial charge in [-0.3, -0.25) is 4.79 Å². The Hall–Kier alpha value is -2.13. The Morgan fingerprint density at radius 1 is 1.32 bits per heavy atom. The Morgan fingerprint density at radius 3 is 2.76 bits per heavy atom. The Labute approximate surface area is 148 Å². The highest BCUT2D eigenvalue weighted by Gasteiger charge is 2.25. The lowest BCUT2D eigenvalue weighted by atomic mass is 10.00. The third-order valence-electron chi connectivity index (χ3n) is 4.11. The summed E-state index contributed by atoms with van der Waals surface area (Å²) in [6.45, 7) is 1.35. The molecule has 25 heavy (non-hydrogen) atoms. The summed E-state index contributed by atoms with van der Waals surface area (Å²) >= 11 is 0. The summed E-state index contributed by atoms with van der Waals surface area (Å²) in [5.74, 6) is -0.140. The second-order valence-electron chi connectivity index (χ2n) is 6.12. The number of benzene rings is 1. The summed E-state index contributed by atoms with van der Waals surface area (Å²) in [6.07, 6.45) is 2.86. The second kappa shape index (κ2) is 8.30. The van der Waals surface area contributed by atoms with E-state index in [2.05, 4.69) is 16.0 Å². The van der Waals surface area contributed by atoms with Crippen LogP contribution >= 0.6 is 0 Å². The molecule has 8 nitrogen and oxygen atoms in total. The van der Waals surface area contributed by atoms with Gasteiger partial charge in [0.15, 0.2) is 0 Å². The van der Waals surface area contributed by atoms with Gasteiger partial charge in [-0.1, -0.05) is 6.07 Å². The molecule has 9 heteroatoms. The van der Waals surface area contributed by atoms with E-state index < -0.39 is 10.0 Å². The van der Waals surface area contributed by atoms with E-state index in [0.717, 1.165) is 12.8 Å². The summed E-state index contributed by atoms with van der Waals surface area (Å²) in [6, 6.07) is 6.24. The van der Waals surface area contributed by atoms with Gasteiger partial charge in [-0.2, -0.15) is 0 Å². The molecule has 0 radical (unpaired) electrons.